The van der Waals surface area contributed by atoms with Crippen molar-refractivity contribution in [2.24, 2.45) is 5.41 Å². The third kappa shape index (κ3) is 5.81. The van der Waals surface area contributed by atoms with Gasteiger partial charge in [-0.3, -0.25) is 9.59 Å². The quantitative estimate of drug-likeness (QED) is 0.513. The first-order valence-electron chi connectivity index (χ1n) is 14.0. The number of amides is 3. The van der Waals surface area contributed by atoms with Gasteiger partial charge in [0.2, 0.25) is 11.8 Å². The van der Waals surface area contributed by atoms with Crippen molar-refractivity contribution in [1.29, 1.82) is 5.26 Å². The molecule has 3 aliphatic carbocycles. The number of nitrogens with one attached hydrogen (secondary N) is 2. The zero-order valence-corrected chi connectivity index (χ0v) is 22.5. The van der Waals surface area contributed by atoms with Crippen molar-refractivity contribution in [3.05, 3.63) is 71.3 Å². The number of nitriles is 1. The molecule has 2 bridgehead atoms. The van der Waals surface area contributed by atoms with E-state index in [-0.39, 0.29) is 42.9 Å². The molecule has 1 aliphatic heterocycles. The monoisotopic (exact) mass is 546 g/mol. The van der Waals surface area contributed by atoms with E-state index in [0.29, 0.717) is 6.54 Å². The number of nitrogens with zero attached hydrogens (tertiary/aromatic N) is 2. The van der Waals surface area contributed by atoms with Crippen LogP contribution < -0.4 is 10.6 Å². The van der Waals surface area contributed by atoms with Crippen LogP contribution in [0.4, 0.5) is 9.18 Å². The molecule has 1 saturated heterocycles. The number of fused-ring (bicyclic) bond motifs is 3. The number of hydrogen-bond donors (Lipinski definition) is 2. The highest BCUT2D eigenvalue weighted by Crippen LogP contribution is 2.57. The molecule has 1 heterocycles. The second-order valence-corrected chi connectivity index (χ2v) is 11.4. The summed E-state index contributed by atoms with van der Waals surface area (Å²) in [6.45, 7) is 0.125. The Labute approximate surface area is 233 Å². The summed E-state index contributed by atoms with van der Waals surface area (Å²) in [5.74, 6) is -0.334. The molecule has 0 aromatic heterocycles. The highest BCUT2D eigenvalue weighted by molar-refractivity contribution is 5.83. The normalized spacial score (nSPS) is 27.1. The van der Waals surface area contributed by atoms with E-state index in [0.717, 1.165) is 54.6 Å². The molecule has 3 saturated carbocycles. The Morgan fingerprint density at radius 2 is 1.62 bits per heavy atom. The molecule has 4 aliphatic rings. The lowest BCUT2D eigenvalue weighted by atomic mass is 9.51. The van der Waals surface area contributed by atoms with Crippen LogP contribution in [-0.4, -0.2) is 48.1 Å². The molecule has 9 heteroatoms. The van der Waals surface area contributed by atoms with Gasteiger partial charge >= 0.3 is 6.09 Å². The van der Waals surface area contributed by atoms with Crippen LogP contribution in [-0.2, 0) is 32.9 Å². The van der Waals surface area contributed by atoms with E-state index in [9.17, 15) is 18.8 Å². The van der Waals surface area contributed by atoms with Crippen LogP contribution in [0, 0.1) is 16.7 Å². The van der Waals surface area contributed by atoms with E-state index in [4.69, 9.17) is 10.00 Å². The van der Waals surface area contributed by atoms with Crippen molar-refractivity contribution in [2.45, 2.75) is 75.7 Å². The molecule has 3 amide bonds. The Balaban J connectivity index is 1.08. The van der Waals surface area contributed by atoms with Crippen molar-refractivity contribution >= 4 is 17.9 Å². The molecular formula is C31H35FN4O4. The predicted octanol–water partition coefficient (Wildman–Crippen LogP) is 4.28. The second kappa shape index (κ2) is 11.7. The lowest BCUT2D eigenvalue weighted by Gasteiger charge is -2.52. The third-order valence-electron chi connectivity index (χ3n) is 9.06. The maximum absolute atomic E-state index is 13.5. The van der Waals surface area contributed by atoms with Crippen LogP contribution >= 0.6 is 0 Å². The SMILES string of the molecule is N#C[C@@H]1C[C@H](F)CN1C(=O)CNC(=O)OCc1ccc(C23CCC(C(=O)NCc4ccccc4)(CC2)CC3)cc1. The summed E-state index contributed by atoms with van der Waals surface area (Å²) < 4.78 is 18.8. The minimum atomic E-state index is -1.22. The molecule has 2 aromatic rings. The fraction of sp³-hybridized carbons (Fsp3) is 0.484. The van der Waals surface area contributed by atoms with Crippen molar-refractivity contribution < 1.29 is 23.5 Å². The van der Waals surface area contributed by atoms with Gasteiger partial charge < -0.3 is 20.3 Å². The van der Waals surface area contributed by atoms with Crippen molar-refractivity contribution in [1.82, 2.24) is 15.5 Å². The van der Waals surface area contributed by atoms with Crippen molar-refractivity contribution in [3.63, 3.8) is 0 Å². The Morgan fingerprint density at radius 1 is 0.950 bits per heavy atom. The number of alkyl halides is 1. The number of likely N-dealkylation sites (tertiary alicyclic amines) is 1. The highest BCUT2D eigenvalue weighted by Gasteiger charge is 2.52. The van der Waals surface area contributed by atoms with Gasteiger partial charge in [-0.2, -0.15) is 5.26 Å². The van der Waals surface area contributed by atoms with Crippen LogP contribution in [0.2, 0.25) is 0 Å². The molecule has 6 rings (SSSR count). The fourth-order valence-corrected chi connectivity index (χ4v) is 6.51. The predicted molar refractivity (Wildman–Crippen MR) is 145 cm³/mol. The van der Waals surface area contributed by atoms with Gasteiger partial charge in [0.05, 0.1) is 12.6 Å². The van der Waals surface area contributed by atoms with Crippen molar-refractivity contribution in [2.75, 3.05) is 13.1 Å². The van der Waals surface area contributed by atoms with Gasteiger partial charge in [-0.05, 0) is 60.6 Å². The van der Waals surface area contributed by atoms with E-state index >= 15 is 0 Å². The summed E-state index contributed by atoms with van der Waals surface area (Å²) in [7, 11) is 0. The maximum atomic E-state index is 13.5. The lowest BCUT2D eigenvalue weighted by Crippen LogP contribution is -2.51. The van der Waals surface area contributed by atoms with E-state index < -0.39 is 24.2 Å². The summed E-state index contributed by atoms with van der Waals surface area (Å²) >= 11 is 0. The average Bonchev–Trinajstić information content (AvgIpc) is 3.40. The fourth-order valence-electron chi connectivity index (χ4n) is 6.51. The van der Waals surface area contributed by atoms with Crippen LogP contribution in [0.1, 0.15) is 61.6 Å². The number of rotatable bonds is 8. The van der Waals surface area contributed by atoms with Gasteiger partial charge in [-0.1, -0.05) is 54.6 Å². The summed E-state index contributed by atoms with van der Waals surface area (Å²) in [5.41, 5.74) is 3.00. The number of benzene rings is 2. The molecular weight excluding hydrogens is 511 g/mol. The number of alkyl carbamates (subject to hydrolysis) is 1. The van der Waals surface area contributed by atoms with Crippen LogP contribution in [0.15, 0.2) is 54.6 Å². The van der Waals surface area contributed by atoms with Crippen molar-refractivity contribution in [3.8, 4) is 6.07 Å². The summed E-state index contributed by atoms with van der Waals surface area (Å²) in [4.78, 5) is 38.7. The zero-order chi connectivity index (χ0) is 28.2. The Bertz CT molecular complexity index is 1250. The Morgan fingerprint density at radius 3 is 2.27 bits per heavy atom. The molecule has 2 atom stereocenters. The summed E-state index contributed by atoms with van der Waals surface area (Å²) in [6.07, 6.45) is 3.61. The van der Waals surface area contributed by atoms with Crippen LogP contribution in [0.25, 0.3) is 0 Å². The topological polar surface area (TPSA) is 112 Å². The largest absolute Gasteiger partial charge is 0.445 e. The lowest BCUT2D eigenvalue weighted by molar-refractivity contribution is -0.138. The second-order valence-electron chi connectivity index (χ2n) is 11.4. The molecule has 2 N–H and O–H groups in total. The first-order chi connectivity index (χ1) is 19.3. The molecule has 8 nitrogen and oxygen atoms in total. The average molecular weight is 547 g/mol. The Kier molecular flexibility index (Phi) is 8.06. The minimum Gasteiger partial charge on any atom is -0.445 e. The van der Waals surface area contributed by atoms with E-state index in [1.165, 1.54) is 5.56 Å². The number of ether oxygens (including phenoxy) is 1. The maximum Gasteiger partial charge on any atom is 0.407 e. The first-order valence-corrected chi connectivity index (χ1v) is 14.0. The van der Waals surface area contributed by atoms with Gasteiger partial charge in [0.1, 0.15) is 25.4 Å². The van der Waals surface area contributed by atoms with E-state index in [1.807, 2.05) is 48.5 Å². The number of halogens is 1. The number of carbonyl (C=O) groups is 3. The van der Waals surface area contributed by atoms with Gasteiger partial charge in [0, 0.05) is 18.4 Å². The standard InChI is InChI=1S/C31H35FN4O4/c32-25-16-26(17-33)36(20-25)27(37)19-35-29(39)40-21-23-6-8-24(9-7-23)30-10-13-31(14-11-30,15-12-30)28(38)34-18-22-4-2-1-3-5-22/h1-9,25-26H,10-16,18-21H2,(H,34,38)(H,35,39)/t25-,26-,30?,31?/m0/s1. The van der Waals surface area contributed by atoms with Crippen LogP contribution in [0.5, 0.6) is 0 Å². The number of hydrogen-bond acceptors (Lipinski definition) is 5. The molecule has 40 heavy (non-hydrogen) atoms. The smallest absolute Gasteiger partial charge is 0.407 e. The third-order valence-corrected chi connectivity index (χ3v) is 9.06. The Hall–Kier alpha value is -3.93. The van der Waals surface area contributed by atoms with Gasteiger partial charge in [-0.25, -0.2) is 9.18 Å². The van der Waals surface area contributed by atoms with Gasteiger partial charge in [-0.15, -0.1) is 0 Å². The van der Waals surface area contributed by atoms with E-state index in [1.54, 1.807) is 0 Å². The first kappa shape index (κ1) is 27.6. The molecule has 0 spiro atoms. The van der Waals surface area contributed by atoms with Gasteiger partial charge in [0.25, 0.3) is 0 Å². The molecule has 0 radical (unpaired) electrons. The summed E-state index contributed by atoms with van der Waals surface area (Å²) in [6, 6.07) is 19.2. The zero-order valence-electron chi connectivity index (χ0n) is 22.5. The molecule has 2 aromatic carbocycles. The molecule has 0 unspecified atom stereocenters. The van der Waals surface area contributed by atoms with Crippen LogP contribution in [0.3, 0.4) is 0 Å². The number of carbonyl (C=O) groups excluding carboxylic acids is 3. The molecule has 210 valence electrons. The summed E-state index contributed by atoms with van der Waals surface area (Å²) in [5, 5.41) is 14.6. The van der Waals surface area contributed by atoms with Gasteiger partial charge in [0.15, 0.2) is 0 Å². The van der Waals surface area contributed by atoms with E-state index in [2.05, 4.69) is 22.8 Å². The minimum absolute atomic E-state index is 0.00503. The molecule has 4 fully saturated rings. The highest BCUT2D eigenvalue weighted by atomic mass is 19.1.